The molecule has 0 N–H and O–H groups in total. The van der Waals surface area contributed by atoms with Gasteiger partial charge in [0.1, 0.15) is 5.01 Å². The minimum atomic E-state index is 0.0137. The van der Waals surface area contributed by atoms with E-state index in [2.05, 4.69) is 35.2 Å². The van der Waals surface area contributed by atoms with Crippen molar-refractivity contribution in [3.8, 4) is 11.1 Å². The number of hydrogen-bond donors (Lipinski definition) is 0. The lowest BCUT2D eigenvalue weighted by Gasteiger charge is -2.30. The molecule has 0 fully saturated rings. The number of aromatic nitrogens is 3. The van der Waals surface area contributed by atoms with Gasteiger partial charge in [-0.05, 0) is 46.9 Å². The van der Waals surface area contributed by atoms with Gasteiger partial charge < -0.3 is 4.57 Å². The van der Waals surface area contributed by atoms with Crippen LogP contribution in [0.15, 0.2) is 65.0 Å². The van der Waals surface area contributed by atoms with E-state index < -0.39 is 0 Å². The van der Waals surface area contributed by atoms with Crippen LogP contribution in [-0.4, -0.2) is 26.0 Å². The highest BCUT2D eigenvalue weighted by Gasteiger charge is 2.23. The van der Waals surface area contributed by atoms with Crippen LogP contribution in [0.4, 0.5) is 0 Å². The summed E-state index contributed by atoms with van der Waals surface area (Å²) in [5.74, 6) is 0.439. The summed E-state index contributed by atoms with van der Waals surface area (Å²) in [6, 6.07) is 13.5. The van der Waals surface area contributed by atoms with E-state index in [0.717, 1.165) is 53.6 Å². The van der Waals surface area contributed by atoms with Gasteiger partial charge in [-0.15, -0.1) is 11.3 Å². The molecule has 5 nitrogen and oxygen atoms in total. The Morgan fingerprint density at radius 1 is 1.15 bits per heavy atom. The maximum atomic E-state index is 13.7. The van der Waals surface area contributed by atoms with Crippen molar-refractivity contribution < 1.29 is 0 Å². The van der Waals surface area contributed by atoms with Gasteiger partial charge in [0.2, 0.25) is 0 Å². The molecular weight excluding hydrogens is 464 g/mol. The van der Waals surface area contributed by atoms with Crippen LogP contribution in [-0.2, 0) is 26.1 Å². The SMILES string of the molecule is CC(C)c1csc(CN2CCc3c(cc(-c4cccc(Cl)c4)c(=O)n3Cc3cccnc3)C2)n1. The van der Waals surface area contributed by atoms with E-state index in [-0.39, 0.29) is 5.56 Å². The number of benzene rings is 1. The Morgan fingerprint density at radius 2 is 2.03 bits per heavy atom. The third-order valence-electron chi connectivity index (χ3n) is 6.27. The van der Waals surface area contributed by atoms with Gasteiger partial charge in [-0.2, -0.15) is 0 Å². The molecule has 0 saturated heterocycles. The second-order valence-electron chi connectivity index (χ2n) is 9.07. The molecule has 1 aliphatic rings. The molecule has 34 heavy (non-hydrogen) atoms. The molecule has 0 aliphatic carbocycles. The average Bonchev–Trinajstić information content (AvgIpc) is 3.30. The summed E-state index contributed by atoms with van der Waals surface area (Å²) in [5, 5.41) is 3.94. The lowest BCUT2D eigenvalue weighted by molar-refractivity contribution is 0.240. The van der Waals surface area contributed by atoms with Crippen LogP contribution in [0, 0.1) is 0 Å². The van der Waals surface area contributed by atoms with Crippen LogP contribution >= 0.6 is 22.9 Å². The van der Waals surface area contributed by atoms with Gasteiger partial charge in [0.05, 0.1) is 18.8 Å². The molecule has 0 unspecified atom stereocenters. The van der Waals surface area contributed by atoms with Gasteiger partial charge in [0, 0.05) is 53.6 Å². The van der Waals surface area contributed by atoms with Crippen molar-refractivity contribution in [1.29, 1.82) is 0 Å². The zero-order valence-corrected chi connectivity index (χ0v) is 20.9. The summed E-state index contributed by atoms with van der Waals surface area (Å²) in [4.78, 5) is 25.2. The number of hydrogen-bond acceptors (Lipinski definition) is 5. The van der Waals surface area contributed by atoms with E-state index >= 15 is 0 Å². The van der Waals surface area contributed by atoms with Gasteiger partial charge in [-0.3, -0.25) is 14.7 Å². The first-order valence-corrected chi connectivity index (χ1v) is 12.8. The fourth-order valence-electron chi connectivity index (χ4n) is 4.47. The molecule has 5 rings (SSSR count). The zero-order valence-electron chi connectivity index (χ0n) is 19.4. The summed E-state index contributed by atoms with van der Waals surface area (Å²) >= 11 is 8.00. The normalized spacial score (nSPS) is 13.9. The Labute approximate surface area is 208 Å². The molecule has 0 atom stereocenters. The Kier molecular flexibility index (Phi) is 6.63. The molecular formula is C27H27ClN4OS. The highest BCUT2D eigenvalue weighted by Crippen LogP contribution is 2.27. The molecule has 4 aromatic rings. The molecule has 0 spiro atoms. The second kappa shape index (κ2) is 9.82. The van der Waals surface area contributed by atoms with Crippen molar-refractivity contribution in [2.24, 2.45) is 0 Å². The monoisotopic (exact) mass is 490 g/mol. The minimum absolute atomic E-state index is 0.0137. The average molecular weight is 491 g/mol. The lowest BCUT2D eigenvalue weighted by atomic mass is 9.98. The topological polar surface area (TPSA) is 51.0 Å². The van der Waals surface area contributed by atoms with Gasteiger partial charge in [-0.1, -0.05) is 43.6 Å². The summed E-state index contributed by atoms with van der Waals surface area (Å²) in [5.41, 5.74) is 6.01. The quantitative estimate of drug-likeness (QED) is 0.345. The number of rotatable bonds is 6. The Balaban J connectivity index is 1.52. The standard InChI is InChI=1S/C27H27ClN4OS/c1-18(2)24-17-34-26(30-24)16-31-10-8-25-21(15-31)12-23(20-6-3-7-22(28)11-20)27(33)32(25)14-19-5-4-9-29-13-19/h3-7,9,11-13,17-18H,8,10,14-16H2,1-2H3. The Morgan fingerprint density at radius 3 is 2.76 bits per heavy atom. The zero-order chi connectivity index (χ0) is 23.7. The number of halogens is 1. The van der Waals surface area contributed by atoms with E-state index in [0.29, 0.717) is 23.0 Å². The smallest absolute Gasteiger partial charge is 0.258 e. The van der Waals surface area contributed by atoms with Crippen LogP contribution in [0.1, 0.15) is 47.3 Å². The summed E-state index contributed by atoms with van der Waals surface area (Å²) < 4.78 is 1.93. The molecule has 3 aromatic heterocycles. The van der Waals surface area contributed by atoms with Crippen LogP contribution in [0.2, 0.25) is 5.02 Å². The predicted molar refractivity (Wildman–Crippen MR) is 139 cm³/mol. The first-order chi connectivity index (χ1) is 16.5. The second-order valence-corrected chi connectivity index (χ2v) is 10.5. The lowest BCUT2D eigenvalue weighted by Crippen LogP contribution is -2.36. The van der Waals surface area contributed by atoms with Crippen molar-refractivity contribution in [2.45, 2.75) is 45.8 Å². The van der Waals surface area contributed by atoms with E-state index in [1.165, 1.54) is 5.56 Å². The molecule has 0 radical (unpaired) electrons. The van der Waals surface area contributed by atoms with Crippen LogP contribution in [0.25, 0.3) is 11.1 Å². The Bertz CT molecular complexity index is 1360. The largest absolute Gasteiger partial charge is 0.307 e. The van der Waals surface area contributed by atoms with Crippen molar-refractivity contribution in [3.05, 3.63) is 103 Å². The van der Waals surface area contributed by atoms with Crippen LogP contribution in [0.5, 0.6) is 0 Å². The van der Waals surface area contributed by atoms with E-state index in [9.17, 15) is 4.79 Å². The fourth-order valence-corrected chi connectivity index (χ4v) is 5.66. The van der Waals surface area contributed by atoms with E-state index in [4.69, 9.17) is 16.6 Å². The molecule has 1 aliphatic heterocycles. The number of thiazole rings is 1. The molecule has 4 heterocycles. The van der Waals surface area contributed by atoms with Gasteiger partial charge >= 0.3 is 0 Å². The van der Waals surface area contributed by atoms with Crippen molar-refractivity contribution in [1.82, 2.24) is 19.4 Å². The third kappa shape index (κ3) is 4.85. The maximum absolute atomic E-state index is 13.7. The van der Waals surface area contributed by atoms with E-state index in [1.54, 1.807) is 17.5 Å². The van der Waals surface area contributed by atoms with Gasteiger partial charge in [0.15, 0.2) is 0 Å². The van der Waals surface area contributed by atoms with Gasteiger partial charge in [-0.25, -0.2) is 4.98 Å². The van der Waals surface area contributed by atoms with Crippen molar-refractivity contribution in [3.63, 3.8) is 0 Å². The molecule has 1 aromatic carbocycles. The van der Waals surface area contributed by atoms with Crippen molar-refractivity contribution in [2.75, 3.05) is 6.54 Å². The van der Waals surface area contributed by atoms with Crippen LogP contribution < -0.4 is 5.56 Å². The first-order valence-electron chi connectivity index (χ1n) is 11.5. The molecule has 0 bridgehead atoms. The van der Waals surface area contributed by atoms with Crippen LogP contribution in [0.3, 0.4) is 0 Å². The number of nitrogens with zero attached hydrogens (tertiary/aromatic N) is 4. The Hall–Kier alpha value is -2.80. The van der Waals surface area contributed by atoms with Gasteiger partial charge in [0.25, 0.3) is 5.56 Å². The summed E-state index contributed by atoms with van der Waals surface area (Å²) in [6.45, 7) is 7.36. The predicted octanol–water partition coefficient (Wildman–Crippen LogP) is 5.75. The molecule has 7 heteroatoms. The fraction of sp³-hybridized carbons (Fsp3) is 0.296. The third-order valence-corrected chi connectivity index (χ3v) is 7.36. The molecule has 0 saturated carbocycles. The summed E-state index contributed by atoms with van der Waals surface area (Å²) in [6.07, 6.45) is 4.41. The van der Waals surface area contributed by atoms with Crippen molar-refractivity contribution >= 4 is 22.9 Å². The number of fused-ring (bicyclic) bond motifs is 1. The maximum Gasteiger partial charge on any atom is 0.258 e. The molecule has 174 valence electrons. The molecule has 0 amide bonds. The highest BCUT2D eigenvalue weighted by atomic mass is 35.5. The number of pyridine rings is 2. The first kappa shape index (κ1) is 23.0. The minimum Gasteiger partial charge on any atom is -0.307 e. The summed E-state index contributed by atoms with van der Waals surface area (Å²) in [7, 11) is 0. The highest BCUT2D eigenvalue weighted by molar-refractivity contribution is 7.09. The van der Waals surface area contributed by atoms with E-state index in [1.807, 2.05) is 47.2 Å².